The summed E-state index contributed by atoms with van der Waals surface area (Å²) < 4.78 is 13.4. The van der Waals surface area contributed by atoms with Gasteiger partial charge in [-0.1, -0.05) is 13.8 Å². The predicted molar refractivity (Wildman–Crippen MR) is 77.0 cm³/mol. The van der Waals surface area contributed by atoms with Crippen molar-refractivity contribution in [2.45, 2.75) is 32.1 Å². The van der Waals surface area contributed by atoms with Crippen LogP contribution in [-0.2, 0) is 10.2 Å². The summed E-state index contributed by atoms with van der Waals surface area (Å²) in [6.45, 7) is 4.40. The zero-order valence-electron chi connectivity index (χ0n) is 11.8. The summed E-state index contributed by atoms with van der Waals surface area (Å²) >= 11 is 0. The van der Waals surface area contributed by atoms with Gasteiger partial charge in [0.25, 0.3) is 0 Å². The molecule has 0 aliphatic heterocycles. The van der Waals surface area contributed by atoms with E-state index >= 15 is 0 Å². The number of nitrogens with one attached hydrogen (secondary N) is 2. The summed E-state index contributed by atoms with van der Waals surface area (Å²) in [5.41, 5.74) is 2.05. The number of aromatic amines is 1. The van der Waals surface area contributed by atoms with E-state index in [-0.39, 0.29) is 23.1 Å². The molecule has 2 aromatic rings. The third-order valence-corrected chi connectivity index (χ3v) is 4.19. The molecule has 1 amide bonds. The van der Waals surface area contributed by atoms with E-state index in [9.17, 15) is 9.18 Å². The lowest BCUT2D eigenvalue weighted by Gasteiger charge is -2.16. The molecule has 1 aliphatic rings. The number of benzene rings is 1. The molecule has 0 atom stereocenters. The second kappa shape index (κ2) is 4.62. The van der Waals surface area contributed by atoms with E-state index in [0.29, 0.717) is 6.54 Å². The highest BCUT2D eigenvalue weighted by Crippen LogP contribution is 2.50. The van der Waals surface area contributed by atoms with Gasteiger partial charge in [-0.25, -0.2) is 4.39 Å². The van der Waals surface area contributed by atoms with Crippen LogP contribution in [0.1, 0.15) is 32.3 Å². The molecule has 106 valence electrons. The highest BCUT2D eigenvalue weighted by molar-refractivity contribution is 5.85. The van der Waals surface area contributed by atoms with E-state index in [2.05, 4.69) is 10.3 Å². The molecule has 0 saturated heterocycles. The maximum Gasteiger partial charge on any atom is 0.222 e. The van der Waals surface area contributed by atoms with Crippen LogP contribution < -0.4 is 5.32 Å². The van der Waals surface area contributed by atoms with Crippen LogP contribution in [0, 0.1) is 11.7 Å². The molecular formula is C16H19FN2O. The van der Waals surface area contributed by atoms with Crippen molar-refractivity contribution >= 4 is 16.8 Å². The molecule has 20 heavy (non-hydrogen) atoms. The lowest BCUT2D eigenvalue weighted by molar-refractivity contribution is -0.124. The lowest BCUT2D eigenvalue weighted by Crippen LogP contribution is -2.34. The fourth-order valence-corrected chi connectivity index (χ4v) is 2.68. The van der Waals surface area contributed by atoms with Crippen LogP contribution in [-0.4, -0.2) is 17.4 Å². The lowest BCUT2D eigenvalue weighted by atomic mass is 9.95. The molecule has 0 bridgehead atoms. The van der Waals surface area contributed by atoms with Crippen LogP contribution in [0.2, 0.25) is 0 Å². The van der Waals surface area contributed by atoms with E-state index in [1.165, 1.54) is 6.07 Å². The minimum atomic E-state index is -0.222. The third kappa shape index (κ3) is 2.19. The first kappa shape index (κ1) is 13.2. The topological polar surface area (TPSA) is 44.9 Å². The minimum Gasteiger partial charge on any atom is -0.361 e. The predicted octanol–water partition coefficient (Wildman–Crippen LogP) is 3.11. The molecule has 1 aliphatic carbocycles. The standard InChI is InChI=1S/C16H19FN2O/c1-10(2)15(20)19-9-16(5-6-16)13-8-18-14-4-3-11(17)7-12(13)14/h3-4,7-8,10,18H,5-6,9H2,1-2H3,(H,19,20). The molecule has 1 saturated carbocycles. The normalized spacial score (nSPS) is 16.6. The number of halogens is 1. The fraction of sp³-hybridized carbons (Fsp3) is 0.438. The maximum atomic E-state index is 13.4. The van der Waals surface area contributed by atoms with E-state index in [1.807, 2.05) is 20.0 Å². The molecular weight excluding hydrogens is 255 g/mol. The Hall–Kier alpha value is -1.84. The van der Waals surface area contributed by atoms with Gasteiger partial charge in [0.1, 0.15) is 5.82 Å². The molecule has 0 radical (unpaired) electrons. The Balaban J connectivity index is 1.87. The zero-order chi connectivity index (χ0) is 14.3. The average molecular weight is 274 g/mol. The first-order chi connectivity index (χ1) is 9.52. The Kier molecular flexibility index (Phi) is 3.04. The van der Waals surface area contributed by atoms with Gasteiger partial charge in [0.05, 0.1) is 0 Å². The summed E-state index contributed by atoms with van der Waals surface area (Å²) in [5, 5.41) is 3.94. The van der Waals surface area contributed by atoms with Crippen molar-refractivity contribution in [2.75, 3.05) is 6.54 Å². The van der Waals surface area contributed by atoms with Gasteiger partial charge in [0, 0.05) is 35.0 Å². The highest BCUT2D eigenvalue weighted by atomic mass is 19.1. The summed E-state index contributed by atoms with van der Waals surface area (Å²) in [6, 6.07) is 4.80. The van der Waals surface area contributed by atoms with Crippen LogP contribution in [0.15, 0.2) is 24.4 Å². The fourth-order valence-electron chi connectivity index (χ4n) is 2.68. The van der Waals surface area contributed by atoms with Gasteiger partial charge in [-0.2, -0.15) is 0 Å². The third-order valence-electron chi connectivity index (χ3n) is 4.19. The quantitative estimate of drug-likeness (QED) is 0.884. The number of carbonyl (C=O) groups excluding carboxylic acids is 1. The SMILES string of the molecule is CC(C)C(=O)NCC1(c2c[nH]c3ccc(F)cc23)CC1. The van der Waals surface area contributed by atoms with Crippen molar-refractivity contribution in [1.29, 1.82) is 0 Å². The van der Waals surface area contributed by atoms with E-state index in [1.54, 1.807) is 12.1 Å². The van der Waals surface area contributed by atoms with E-state index in [0.717, 1.165) is 29.3 Å². The van der Waals surface area contributed by atoms with Crippen LogP contribution in [0.3, 0.4) is 0 Å². The first-order valence-corrected chi connectivity index (χ1v) is 7.07. The summed E-state index contributed by atoms with van der Waals surface area (Å²) in [6.07, 6.45) is 4.03. The van der Waals surface area contributed by atoms with Crippen molar-refractivity contribution in [2.24, 2.45) is 5.92 Å². The Bertz CT molecular complexity index is 656. The molecule has 0 unspecified atom stereocenters. The molecule has 1 fully saturated rings. The van der Waals surface area contributed by atoms with Gasteiger partial charge in [0.2, 0.25) is 5.91 Å². The van der Waals surface area contributed by atoms with Crippen molar-refractivity contribution in [3.8, 4) is 0 Å². The monoisotopic (exact) mass is 274 g/mol. The second-order valence-corrected chi connectivity index (χ2v) is 6.05. The molecule has 1 heterocycles. The molecule has 4 heteroatoms. The van der Waals surface area contributed by atoms with Gasteiger partial charge in [-0.05, 0) is 36.6 Å². The average Bonchev–Trinajstić information content (AvgIpc) is 3.08. The Labute approximate surface area is 117 Å². The molecule has 1 aromatic carbocycles. The number of hydrogen-bond acceptors (Lipinski definition) is 1. The minimum absolute atomic E-state index is 0.00814. The highest BCUT2D eigenvalue weighted by Gasteiger charge is 2.45. The van der Waals surface area contributed by atoms with Gasteiger partial charge < -0.3 is 10.3 Å². The Morgan fingerprint density at radius 2 is 2.20 bits per heavy atom. The van der Waals surface area contributed by atoms with Crippen molar-refractivity contribution in [3.05, 3.63) is 35.8 Å². The molecule has 3 nitrogen and oxygen atoms in total. The van der Waals surface area contributed by atoms with Crippen molar-refractivity contribution in [3.63, 3.8) is 0 Å². The Morgan fingerprint density at radius 3 is 2.85 bits per heavy atom. The molecule has 0 spiro atoms. The largest absolute Gasteiger partial charge is 0.361 e. The van der Waals surface area contributed by atoms with Gasteiger partial charge >= 0.3 is 0 Å². The van der Waals surface area contributed by atoms with Crippen molar-refractivity contribution in [1.82, 2.24) is 10.3 Å². The van der Waals surface area contributed by atoms with Gasteiger partial charge in [-0.15, -0.1) is 0 Å². The van der Waals surface area contributed by atoms with E-state index < -0.39 is 0 Å². The molecule has 2 N–H and O–H groups in total. The number of aromatic nitrogens is 1. The van der Waals surface area contributed by atoms with Gasteiger partial charge in [0.15, 0.2) is 0 Å². The van der Waals surface area contributed by atoms with Crippen molar-refractivity contribution < 1.29 is 9.18 Å². The first-order valence-electron chi connectivity index (χ1n) is 7.07. The number of fused-ring (bicyclic) bond motifs is 1. The summed E-state index contributed by atoms with van der Waals surface area (Å²) in [7, 11) is 0. The number of H-pyrrole nitrogens is 1. The number of hydrogen-bond donors (Lipinski definition) is 2. The van der Waals surface area contributed by atoms with Crippen LogP contribution in [0.25, 0.3) is 10.9 Å². The summed E-state index contributed by atoms with van der Waals surface area (Å²) in [4.78, 5) is 14.9. The maximum absolute atomic E-state index is 13.4. The van der Waals surface area contributed by atoms with E-state index in [4.69, 9.17) is 0 Å². The van der Waals surface area contributed by atoms with Crippen LogP contribution >= 0.6 is 0 Å². The number of rotatable bonds is 4. The van der Waals surface area contributed by atoms with Crippen LogP contribution in [0.5, 0.6) is 0 Å². The number of amides is 1. The molecule has 1 aromatic heterocycles. The Morgan fingerprint density at radius 1 is 1.45 bits per heavy atom. The smallest absolute Gasteiger partial charge is 0.222 e. The second-order valence-electron chi connectivity index (χ2n) is 6.05. The van der Waals surface area contributed by atoms with Crippen LogP contribution in [0.4, 0.5) is 4.39 Å². The molecule has 3 rings (SSSR count). The summed E-state index contributed by atoms with van der Waals surface area (Å²) in [5.74, 6) is -0.158. The zero-order valence-corrected chi connectivity index (χ0v) is 11.8. The van der Waals surface area contributed by atoms with Gasteiger partial charge in [-0.3, -0.25) is 4.79 Å². The number of carbonyl (C=O) groups is 1.